The zero-order chi connectivity index (χ0) is 34.0. The maximum Gasteiger partial charge on any atom is 0.420 e. The van der Waals surface area contributed by atoms with E-state index in [1.54, 1.807) is 0 Å². The number of rotatable bonds is 14. The summed E-state index contributed by atoms with van der Waals surface area (Å²) in [6, 6.07) is 1.13. The normalized spacial score (nSPS) is 27.8. The van der Waals surface area contributed by atoms with Crippen molar-refractivity contribution in [3.63, 3.8) is 0 Å². The van der Waals surface area contributed by atoms with Crippen molar-refractivity contribution in [3.05, 3.63) is 40.5 Å². The number of ether oxygens (including phenoxy) is 1. The molecule has 3 saturated carbocycles. The number of unbranched alkanes of at least 4 members (excludes halogenated alkanes) is 3. The van der Waals surface area contributed by atoms with E-state index in [0.717, 1.165) is 48.5 Å². The second-order valence-electron chi connectivity index (χ2n) is 15.2. The zero-order valence-corrected chi connectivity index (χ0v) is 29.2. The van der Waals surface area contributed by atoms with Crippen LogP contribution in [0.3, 0.4) is 0 Å². The first kappa shape index (κ1) is 38.1. The van der Waals surface area contributed by atoms with Crippen LogP contribution in [0.5, 0.6) is 5.75 Å². The third-order valence-electron chi connectivity index (χ3n) is 11.9. The Morgan fingerprint density at radius 1 is 0.638 bits per heavy atom. The number of benzene rings is 1. The topological polar surface area (TPSA) is 9.23 Å². The Labute approximate surface area is 280 Å². The van der Waals surface area contributed by atoms with Crippen molar-refractivity contribution in [3.8, 4) is 5.75 Å². The van der Waals surface area contributed by atoms with Gasteiger partial charge in [-0.2, -0.15) is 26.3 Å². The maximum absolute atomic E-state index is 14.1. The van der Waals surface area contributed by atoms with Crippen molar-refractivity contribution in [2.75, 3.05) is 6.61 Å². The Balaban J connectivity index is 1.17. The largest absolute Gasteiger partial charge is 0.493 e. The molecule has 7 heteroatoms. The molecular weight excluding hydrogens is 610 g/mol. The van der Waals surface area contributed by atoms with Crippen LogP contribution < -0.4 is 4.74 Å². The van der Waals surface area contributed by atoms with E-state index >= 15 is 0 Å². The quantitative estimate of drug-likeness (QED) is 0.109. The van der Waals surface area contributed by atoms with Gasteiger partial charge in [0, 0.05) is 0 Å². The van der Waals surface area contributed by atoms with Crippen molar-refractivity contribution in [2.45, 2.75) is 162 Å². The van der Waals surface area contributed by atoms with Gasteiger partial charge < -0.3 is 4.74 Å². The smallest absolute Gasteiger partial charge is 0.420 e. The summed E-state index contributed by atoms with van der Waals surface area (Å²) in [5, 5.41) is 0. The minimum absolute atomic E-state index is 0.0104. The first-order valence-corrected chi connectivity index (χ1v) is 19.0. The molecule has 0 radical (unpaired) electrons. The summed E-state index contributed by atoms with van der Waals surface area (Å²) < 4.78 is 88.8. The molecule has 0 amide bonds. The van der Waals surface area contributed by atoms with E-state index in [9.17, 15) is 26.3 Å². The second kappa shape index (κ2) is 17.8. The van der Waals surface area contributed by atoms with Crippen molar-refractivity contribution in [2.24, 2.45) is 35.5 Å². The van der Waals surface area contributed by atoms with E-state index in [-0.39, 0.29) is 24.2 Å². The minimum Gasteiger partial charge on any atom is -0.493 e. The van der Waals surface area contributed by atoms with Crippen LogP contribution in [0.4, 0.5) is 26.3 Å². The fraction of sp³-hybridized carbons (Fsp3) is 0.800. The van der Waals surface area contributed by atoms with Gasteiger partial charge in [0.15, 0.2) is 0 Å². The number of aryl methyl sites for hydroxylation is 1. The van der Waals surface area contributed by atoms with Crippen molar-refractivity contribution < 1.29 is 31.1 Å². The molecule has 1 nitrogen and oxygen atoms in total. The molecular formula is C40H60F6O. The van der Waals surface area contributed by atoms with Gasteiger partial charge in [0.1, 0.15) is 11.3 Å². The molecule has 0 unspecified atom stereocenters. The van der Waals surface area contributed by atoms with E-state index in [4.69, 9.17) is 4.74 Å². The maximum atomic E-state index is 14.1. The Hall–Kier alpha value is -1.66. The molecule has 0 aliphatic heterocycles. The molecule has 0 spiro atoms. The van der Waals surface area contributed by atoms with Crippen LogP contribution in [-0.2, 0) is 18.8 Å². The fourth-order valence-electron chi connectivity index (χ4n) is 9.17. The molecule has 0 aromatic heterocycles. The monoisotopic (exact) mass is 670 g/mol. The van der Waals surface area contributed by atoms with Gasteiger partial charge in [0.2, 0.25) is 0 Å². The van der Waals surface area contributed by atoms with Gasteiger partial charge in [-0.05, 0) is 144 Å². The molecule has 3 aliphatic rings. The zero-order valence-electron chi connectivity index (χ0n) is 29.2. The lowest BCUT2D eigenvalue weighted by molar-refractivity contribution is -0.163. The lowest BCUT2D eigenvalue weighted by Crippen LogP contribution is -2.25. The summed E-state index contributed by atoms with van der Waals surface area (Å²) in [5.74, 6) is 3.95. The van der Waals surface area contributed by atoms with E-state index in [1.165, 1.54) is 117 Å². The van der Waals surface area contributed by atoms with Gasteiger partial charge in [-0.3, -0.25) is 0 Å². The van der Waals surface area contributed by atoms with Crippen LogP contribution in [0, 0.1) is 42.4 Å². The predicted molar refractivity (Wildman–Crippen MR) is 180 cm³/mol. The lowest BCUT2D eigenvalue weighted by Gasteiger charge is -2.37. The molecule has 4 rings (SSSR count). The summed E-state index contributed by atoms with van der Waals surface area (Å²) in [6.07, 6.45) is 18.2. The molecule has 1 aromatic rings. The molecule has 0 atom stereocenters. The van der Waals surface area contributed by atoms with E-state index in [0.29, 0.717) is 12.3 Å². The van der Waals surface area contributed by atoms with Crippen LogP contribution in [0.2, 0.25) is 0 Å². The standard InChI is InChI=1S/C40H60F6O/c1-4-6-7-10-29-13-15-31(16-14-29)17-18-32-21-25-34(26-22-32)33-23-19-30(20-24-33)11-8-9-12-35-28(3)27-36(47-5-2)38(40(44,45)46)37(35)39(41,42)43/h17-18,27,29-34H,4-16,19-26H2,1-3H3/b18-17+. The highest BCUT2D eigenvalue weighted by Crippen LogP contribution is 2.48. The third-order valence-corrected chi connectivity index (χ3v) is 11.9. The molecule has 0 heterocycles. The van der Waals surface area contributed by atoms with Crippen LogP contribution in [0.25, 0.3) is 0 Å². The average molecular weight is 671 g/mol. The highest BCUT2D eigenvalue weighted by molar-refractivity contribution is 5.52. The van der Waals surface area contributed by atoms with Gasteiger partial charge in [-0.25, -0.2) is 0 Å². The van der Waals surface area contributed by atoms with Crippen LogP contribution in [0.15, 0.2) is 18.2 Å². The summed E-state index contributed by atoms with van der Waals surface area (Å²) in [4.78, 5) is 0. The average Bonchev–Trinajstić information content (AvgIpc) is 3.03. The molecule has 3 fully saturated rings. The molecule has 0 saturated heterocycles. The summed E-state index contributed by atoms with van der Waals surface area (Å²) in [7, 11) is 0. The Kier molecular flexibility index (Phi) is 14.5. The molecule has 0 N–H and O–H groups in total. The van der Waals surface area contributed by atoms with Crippen molar-refractivity contribution in [1.29, 1.82) is 0 Å². The van der Waals surface area contributed by atoms with E-state index in [1.807, 2.05) is 0 Å². The van der Waals surface area contributed by atoms with Crippen LogP contribution >= 0.6 is 0 Å². The Bertz CT molecular complexity index is 1100. The summed E-state index contributed by atoms with van der Waals surface area (Å²) >= 11 is 0. The molecule has 1 aromatic carbocycles. The first-order valence-electron chi connectivity index (χ1n) is 19.0. The van der Waals surface area contributed by atoms with E-state index in [2.05, 4.69) is 19.1 Å². The van der Waals surface area contributed by atoms with Gasteiger partial charge >= 0.3 is 12.4 Å². The highest BCUT2D eigenvalue weighted by atomic mass is 19.4. The fourth-order valence-corrected chi connectivity index (χ4v) is 9.17. The number of hydrogen-bond acceptors (Lipinski definition) is 1. The van der Waals surface area contributed by atoms with Crippen LogP contribution in [0.1, 0.15) is 158 Å². The third kappa shape index (κ3) is 11.2. The van der Waals surface area contributed by atoms with Gasteiger partial charge in [0.25, 0.3) is 0 Å². The Morgan fingerprint density at radius 3 is 1.60 bits per heavy atom. The van der Waals surface area contributed by atoms with Gasteiger partial charge in [-0.15, -0.1) is 0 Å². The number of hydrogen-bond donors (Lipinski definition) is 0. The molecule has 0 bridgehead atoms. The lowest BCUT2D eigenvalue weighted by atomic mass is 9.68. The van der Waals surface area contributed by atoms with Crippen molar-refractivity contribution >= 4 is 0 Å². The second-order valence-corrected chi connectivity index (χ2v) is 15.2. The van der Waals surface area contributed by atoms with Gasteiger partial charge in [0.05, 0.1) is 12.2 Å². The molecule has 47 heavy (non-hydrogen) atoms. The minimum atomic E-state index is -5.15. The van der Waals surface area contributed by atoms with Crippen LogP contribution in [-0.4, -0.2) is 6.61 Å². The molecule has 268 valence electrons. The summed E-state index contributed by atoms with van der Waals surface area (Å²) in [5.41, 5.74) is -3.29. The van der Waals surface area contributed by atoms with E-state index < -0.39 is 29.2 Å². The van der Waals surface area contributed by atoms with Crippen molar-refractivity contribution in [1.82, 2.24) is 0 Å². The van der Waals surface area contributed by atoms with Gasteiger partial charge in [-0.1, -0.05) is 70.4 Å². The SMILES string of the molecule is CCCCCC1CCC(/C=C/C2CCC(C3CCC(CCCCc4c(C)cc(OCC)c(C(F)(F)F)c4C(F)(F)F)CC3)CC2)CC1. The number of alkyl halides is 6. The molecule has 3 aliphatic carbocycles. The predicted octanol–water partition coefficient (Wildman–Crippen LogP) is 13.7. The summed E-state index contributed by atoms with van der Waals surface area (Å²) in [6.45, 7) is 5.07. The Morgan fingerprint density at radius 2 is 1.11 bits per heavy atom. The highest BCUT2D eigenvalue weighted by Gasteiger charge is 2.47. The number of halogens is 6. The number of allylic oxidation sites excluding steroid dienone is 2. The first-order chi connectivity index (χ1) is 22.4.